The van der Waals surface area contributed by atoms with E-state index in [-0.39, 0.29) is 0 Å². The maximum absolute atomic E-state index is 5.39. The molecule has 0 aromatic rings. The molecule has 7 aliphatic heterocycles. The fourth-order valence-corrected chi connectivity index (χ4v) is 10.3. The van der Waals surface area contributed by atoms with Crippen molar-refractivity contribution in [2.24, 2.45) is 82.9 Å². The lowest BCUT2D eigenvalue weighted by Gasteiger charge is -2.25. The van der Waals surface area contributed by atoms with Gasteiger partial charge in [-0.1, -0.05) is 306 Å². The van der Waals surface area contributed by atoms with Gasteiger partial charge in [0.2, 0.25) is 0 Å². The van der Waals surface area contributed by atoms with Gasteiger partial charge < -0.3 is 42.6 Å². The lowest BCUT2D eigenvalue weighted by Crippen LogP contribution is -2.29. The molecule has 10 aliphatic rings. The molecular weight excluding hydrogens is 1190 g/mol. The van der Waals surface area contributed by atoms with Crippen molar-refractivity contribution in [3.8, 4) is 0 Å². The van der Waals surface area contributed by atoms with Crippen LogP contribution in [0.3, 0.4) is 0 Å². The largest absolute Gasteiger partial charge is 0.381 e. The minimum atomic E-state index is 0.378. The third-order valence-electron chi connectivity index (χ3n) is 19.8. The second-order valence-electron chi connectivity index (χ2n) is 26.6. The van der Waals surface area contributed by atoms with Crippen LogP contribution in [-0.4, -0.2) is 103 Å². The van der Waals surface area contributed by atoms with Crippen molar-refractivity contribution < 1.29 is 42.6 Å². The summed E-state index contributed by atoms with van der Waals surface area (Å²) in [5.74, 6) is 11.9. The smallest absolute Gasteiger partial charge is 0.147 e. The van der Waals surface area contributed by atoms with E-state index in [0.29, 0.717) is 62.0 Å². The summed E-state index contributed by atoms with van der Waals surface area (Å²) in [4.78, 5) is 0. The first-order chi connectivity index (χ1) is 46.0. The first-order valence-electron chi connectivity index (χ1n) is 42.5. The molecule has 9 heteroatoms. The molecule has 7 saturated heterocycles. The van der Waals surface area contributed by atoms with E-state index in [2.05, 4.69) is 138 Å². The summed E-state index contributed by atoms with van der Waals surface area (Å²) >= 11 is 0. The van der Waals surface area contributed by atoms with Crippen LogP contribution in [-0.2, 0) is 42.6 Å². The second kappa shape index (κ2) is 90.7. The molecule has 0 aromatic heterocycles. The first kappa shape index (κ1) is 117. The molecule has 0 amide bonds. The summed E-state index contributed by atoms with van der Waals surface area (Å²) in [7, 11) is 0. The fourth-order valence-electron chi connectivity index (χ4n) is 10.3. The third-order valence-corrected chi connectivity index (χ3v) is 19.8. The predicted molar refractivity (Wildman–Crippen MR) is 435 cm³/mol. The molecule has 10 rings (SSSR count). The minimum absolute atomic E-state index is 0.378. The Morgan fingerprint density at radius 2 is 0.344 bits per heavy atom. The molecule has 20 unspecified atom stereocenters. The monoisotopic (exact) mass is 1380 g/mol. The van der Waals surface area contributed by atoms with Crippen molar-refractivity contribution in [1.29, 1.82) is 0 Å². The molecule has 3 aliphatic carbocycles. The molecule has 0 spiro atoms. The minimum Gasteiger partial charge on any atom is -0.381 e. The number of rotatable bonds is 0. The van der Waals surface area contributed by atoms with E-state index in [0.717, 1.165) is 124 Å². The highest BCUT2D eigenvalue weighted by atomic mass is 16.7. The molecular formula is C87H194O9. The van der Waals surface area contributed by atoms with Gasteiger partial charge in [0.15, 0.2) is 0 Å². The highest BCUT2D eigenvalue weighted by Crippen LogP contribution is 2.31. The van der Waals surface area contributed by atoms with Crippen molar-refractivity contribution in [3.63, 3.8) is 0 Å². The van der Waals surface area contributed by atoms with Gasteiger partial charge in [-0.25, -0.2) is 0 Å². The molecule has 0 aromatic carbocycles. The van der Waals surface area contributed by atoms with Gasteiger partial charge in [-0.05, 0) is 151 Å². The Labute approximate surface area is 611 Å². The highest BCUT2D eigenvalue weighted by Gasteiger charge is 2.23. The molecule has 10 fully saturated rings. The Hall–Kier alpha value is -0.360. The summed E-state index contributed by atoms with van der Waals surface area (Å²) in [6.45, 7) is 93.2. The Balaban J connectivity index is -0.000000104. The van der Waals surface area contributed by atoms with Gasteiger partial charge in [-0.15, -0.1) is 0 Å². The van der Waals surface area contributed by atoms with Crippen LogP contribution in [0.5, 0.6) is 0 Å². The molecule has 3 saturated carbocycles. The van der Waals surface area contributed by atoms with E-state index < -0.39 is 0 Å². The molecule has 596 valence electrons. The average Bonchev–Trinajstić information content (AvgIpc) is 4.62. The lowest BCUT2D eigenvalue weighted by atomic mass is 9.82. The summed E-state index contributed by atoms with van der Waals surface area (Å²) < 4.78 is 46.9. The number of ether oxygens (including phenoxy) is 9. The van der Waals surface area contributed by atoms with Gasteiger partial charge in [0, 0.05) is 51.5 Å². The SMILES string of the molecule is CC.CC.CC.CC.CC.CC.CC.CC.CC.CC.CC1CCCC1C.CC1CCCCC1C.CC1CCCCC1C.CC1CCCOC1C.CC1CCCOC1C.CC1CCOC1C.CC1CCOC1C.CC1COCC1C.CC1COCOC1C.CC1COCOC1C. The van der Waals surface area contributed by atoms with E-state index in [9.17, 15) is 0 Å². The summed E-state index contributed by atoms with van der Waals surface area (Å²) in [5, 5.41) is 0. The maximum atomic E-state index is 5.39. The molecule has 0 N–H and O–H groups in total. The van der Waals surface area contributed by atoms with Crippen LogP contribution in [0, 0.1) is 82.9 Å². The summed E-state index contributed by atoms with van der Waals surface area (Å²) in [6, 6.07) is 0. The van der Waals surface area contributed by atoms with Crippen LogP contribution in [0.1, 0.15) is 386 Å². The number of hydrogen-bond acceptors (Lipinski definition) is 9. The van der Waals surface area contributed by atoms with Crippen molar-refractivity contribution in [2.75, 3.05) is 66.4 Å². The fraction of sp³-hybridized carbons (Fsp3) is 1.00. The van der Waals surface area contributed by atoms with Gasteiger partial charge in [-0.2, -0.15) is 0 Å². The topological polar surface area (TPSA) is 83.1 Å². The molecule has 96 heavy (non-hydrogen) atoms. The second-order valence-corrected chi connectivity index (χ2v) is 26.6. The third kappa shape index (κ3) is 72.0. The average molecular weight is 1380 g/mol. The molecule has 20 atom stereocenters. The molecule has 7 heterocycles. The predicted octanol–water partition coefficient (Wildman–Crippen LogP) is 28.2. The Bertz CT molecular complexity index is 988. The van der Waals surface area contributed by atoms with E-state index >= 15 is 0 Å². The van der Waals surface area contributed by atoms with E-state index in [1.165, 1.54) is 109 Å². The maximum Gasteiger partial charge on any atom is 0.147 e. The van der Waals surface area contributed by atoms with Crippen molar-refractivity contribution in [1.82, 2.24) is 0 Å². The van der Waals surface area contributed by atoms with Crippen LogP contribution in [0.2, 0.25) is 0 Å². The standard InChI is InChI=1S/2C8H16.2C7H14O.C7H14.2C6H12O2.3C6H12O.10C2H6/c2*1-7-5-3-4-6-8(7)2;2*1-6-4-3-5-8-7(6)2;1-6-4-3-5-7(6)2;2*1-5-3-7-4-8-6(5)2;1-5-3-7-4-6(5)2;2*1-5-3-4-7-6(5)2;10*1-2/h2*7-8H,3-6H2,1-2H3;2*6-7H,3-5H2,1-2H3;6-7H,3-5H2,1-2H3;2*5-6H,3-4H2,1-2H3;3*5-6H,3-4H2,1-2H3;10*1-2H3. The van der Waals surface area contributed by atoms with Crippen molar-refractivity contribution in [3.05, 3.63) is 0 Å². The van der Waals surface area contributed by atoms with E-state index in [4.69, 9.17) is 42.6 Å². The van der Waals surface area contributed by atoms with Gasteiger partial charge in [0.05, 0.1) is 49.8 Å². The van der Waals surface area contributed by atoms with E-state index in [1.54, 1.807) is 0 Å². The Morgan fingerprint density at radius 1 is 0.156 bits per heavy atom. The highest BCUT2D eigenvalue weighted by molar-refractivity contribution is 4.72. The van der Waals surface area contributed by atoms with Gasteiger partial charge in [-0.3, -0.25) is 0 Å². The lowest BCUT2D eigenvalue weighted by molar-refractivity contribution is -0.159. The normalized spacial score (nSPS) is 32.8. The van der Waals surface area contributed by atoms with Gasteiger partial charge >= 0.3 is 0 Å². The van der Waals surface area contributed by atoms with Crippen LogP contribution in [0.25, 0.3) is 0 Å². The first-order valence-corrected chi connectivity index (χ1v) is 42.5. The van der Waals surface area contributed by atoms with Crippen molar-refractivity contribution in [2.45, 2.75) is 423 Å². The van der Waals surface area contributed by atoms with Crippen molar-refractivity contribution >= 4 is 0 Å². The quantitative estimate of drug-likeness (QED) is 0.235. The van der Waals surface area contributed by atoms with Crippen LogP contribution in [0.15, 0.2) is 0 Å². The van der Waals surface area contributed by atoms with Crippen LogP contribution in [0.4, 0.5) is 0 Å². The zero-order valence-electron chi connectivity index (χ0n) is 74.3. The van der Waals surface area contributed by atoms with Gasteiger partial charge in [0.1, 0.15) is 13.6 Å². The number of hydrogen-bond donors (Lipinski definition) is 0. The molecule has 0 bridgehead atoms. The molecule has 9 nitrogen and oxygen atoms in total. The molecule has 0 radical (unpaired) electrons. The Morgan fingerprint density at radius 3 is 0.458 bits per heavy atom. The summed E-state index contributed by atoms with van der Waals surface area (Å²) in [5.41, 5.74) is 0. The van der Waals surface area contributed by atoms with Gasteiger partial charge in [0.25, 0.3) is 0 Å². The summed E-state index contributed by atoms with van der Waals surface area (Å²) in [6.07, 6.45) is 26.7. The Kier molecular flexibility index (Phi) is 110. The van der Waals surface area contributed by atoms with Crippen LogP contribution >= 0.6 is 0 Å². The van der Waals surface area contributed by atoms with E-state index in [1.807, 2.05) is 138 Å². The zero-order chi connectivity index (χ0) is 77.0. The van der Waals surface area contributed by atoms with Crippen LogP contribution < -0.4 is 0 Å². The zero-order valence-corrected chi connectivity index (χ0v) is 74.3.